The van der Waals surface area contributed by atoms with Crippen molar-refractivity contribution in [2.45, 2.75) is 25.7 Å². The minimum Gasteiger partial charge on any atom is -0.366 e. The zero-order valence-electron chi connectivity index (χ0n) is 6.05. The van der Waals surface area contributed by atoms with E-state index in [1.165, 1.54) is 31.8 Å². The topological polar surface area (TPSA) is 43.1 Å². The lowest BCUT2D eigenvalue weighted by molar-refractivity contribution is -0.113. The second-order valence-electron chi connectivity index (χ2n) is 2.81. The SMILES string of the molecule is NC(=O)C=CC1CCCC1. The molecule has 1 aliphatic carbocycles. The first kappa shape index (κ1) is 7.32. The molecule has 2 N–H and O–H groups in total. The van der Waals surface area contributed by atoms with E-state index in [2.05, 4.69) is 0 Å². The van der Waals surface area contributed by atoms with Crippen molar-refractivity contribution in [2.75, 3.05) is 0 Å². The molecule has 1 rings (SSSR count). The third kappa shape index (κ3) is 2.21. The highest BCUT2D eigenvalue weighted by atomic mass is 16.1. The summed E-state index contributed by atoms with van der Waals surface area (Å²) in [6, 6.07) is 0. The zero-order valence-corrected chi connectivity index (χ0v) is 6.05. The predicted molar refractivity (Wildman–Crippen MR) is 40.3 cm³/mol. The summed E-state index contributed by atoms with van der Waals surface area (Å²) in [6.45, 7) is 0. The Labute approximate surface area is 61.1 Å². The first-order chi connectivity index (χ1) is 4.79. The average molecular weight is 139 g/mol. The van der Waals surface area contributed by atoms with Crippen LogP contribution in [0.5, 0.6) is 0 Å². The molecule has 0 aromatic heterocycles. The van der Waals surface area contributed by atoms with Gasteiger partial charge in [-0.15, -0.1) is 0 Å². The molecule has 2 nitrogen and oxygen atoms in total. The number of primary amides is 1. The van der Waals surface area contributed by atoms with E-state index in [9.17, 15) is 4.79 Å². The first-order valence-corrected chi connectivity index (χ1v) is 3.76. The highest BCUT2D eigenvalue weighted by molar-refractivity contribution is 5.85. The summed E-state index contributed by atoms with van der Waals surface area (Å²) in [6.07, 6.45) is 8.47. The van der Waals surface area contributed by atoms with Crippen LogP contribution in [0.4, 0.5) is 0 Å². The van der Waals surface area contributed by atoms with Gasteiger partial charge in [-0.25, -0.2) is 0 Å². The second-order valence-corrected chi connectivity index (χ2v) is 2.81. The highest BCUT2D eigenvalue weighted by Gasteiger charge is 2.10. The second kappa shape index (κ2) is 3.40. The molecule has 56 valence electrons. The summed E-state index contributed by atoms with van der Waals surface area (Å²) in [7, 11) is 0. The molecule has 0 spiro atoms. The van der Waals surface area contributed by atoms with Gasteiger partial charge in [-0.3, -0.25) is 4.79 Å². The third-order valence-electron chi connectivity index (χ3n) is 1.93. The molecule has 1 aliphatic rings. The average Bonchev–Trinajstić information content (AvgIpc) is 2.34. The van der Waals surface area contributed by atoms with Crippen molar-refractivity contribution < 1.29 is 4.79 Å². The minimum absolute atomic E-state index is 0.327. The van der Waals surface area contributed by atoms with Gasteiger partial charge in [-0.2, -0.15) is 0 Å². The Balaban J connectivity index is 2.29. The van der Waals surface area contributed by atoms with Crippen molar-refractivity contribution in [2.24, 2.45) is 11.7 Å². The van der Waals surface area contributed by atoms with Crippen LogP contribution in [-0.4, -0.2) is 5.91 Å². The van der Waals surface area contributed by atoms with E-state index in [1.54, 1.807) is 0 Å². The number of hydrogen-bond acceptors (Lipinski definition) is 1. The summed E-state index contributed by atoms with van der Waals surface area (Å²) in [5.41, 5.74) is 4.94. The van der Waals surface area contributed by atoms with Gasteiger partial charge in [0.25, 0.3) is 0 Å². The molecule has 0 aromatic carbocycles. The zero-order chi connectivity index (χ0) is 7.40. The summed E-state index contributed by atoms with van der Waals surface area (Å²) >= 11 is 0. The van der Waals surface area contributed by atoms with Crippen molar-refractivity contribution in [1.29, 1.82) is 0 Å². The van der Waals surface area contributed by atoms with Crippen molar-refractivity contribution in [3.05, 3.63) is 12.2 Å². The lowest BCUT2D eigenvalue weighted by Crippen LogP contribution is -2.06. The fourth-order valence-electron chi connectivity index (χ4n) is 1.38. The van der Waals surface area contributed by atoms with E-state index in [1.807, 2.05) is 6.08 Å². The van der Waals surface area contributed by atoms with E-state index in [-0.39, 0.29) is 5.91 Å². The lowest BCUT2D eigenvalue weighted by atomic mass is 10.1. The van der Waals surface area contributed by atoms with Crippen LogP contribution in [0.3, 0.4) is 0 Å². The van der Waals surface area contributed by atoms with Crippen LogP contribution < -0.4 is 5.73 Å². The number of carbonyl (C=O) groups excluding carboxylic acids is 1. The Bertz CT molecular complexity index is 145. The molecule has 0 bridgehead atoms. The van der Waals surface area contributed by atoms with E-state index in [0.29, 0.717) is 5.92 Å². The van der Waals surface area contributed by atoms with Crippen molar-refractivity contribution in [3.63, 3.8) is 0 Å². The summed E-state index contributed by atoms with van der Waals surface area (Å²) in [5, 5.41) is 0. The van der Waals surface area contributed by atoms with Gasteiger partial charge in [0.05, 0.1) is 0 Å². The molecule has 1 saturated carbocycles. The molecule has 1 fully saturated rings. The molecule has 0 saturated heterocycles. The number of carbonyl (C=O) groups is 1. The highest BCUT2D eigenvalue weighted by Crippen LogP contribution is 2.25. The molecule has 0 aliphatic heterocycles. The monoisotopic (exact) mass is 139 g/mol. The molecule has 10 heavy (non-hydrogen) atoms. The summed E-state index contributed by atoms with van der Waals surface area (Å²) < 4.78 is 0. The quantitative estimate of drug-likeness (QED) is 0.574. The fraction of sp³-hybridized carbons (Fsp3) is 0.625. The number of nitrogens with two attached hydrogens (primary N) is 1. The molecule has 0 atom stereocenters. The normalized spacial score (nSPS) is 20.4. The molecule has 0 unspecified atom stereocenters. The Hall–Kier alpha value is -0.790. The fourth-order valence-corrected chi connectivity index (χ4v) is 1.38. The Morgan fingerprint density at radius 1 is 1.40 bits per heavy atom. The van der Waals surface area contributed by atoms with Crippen LogP contribution in [0, 0.1) is 5.92 Å². The lowest BCUT2D eigenvalue weighted by Gasteiger charge is -1.97. The Morgan fingerprint density at radius 2 is 2.00 bits per heavy atom. The predicted octanol–water partition coefficient (Wildman–Crippen LogP) is 1.22. The van der Waals surface area contributed by atoms with Crippen LogP contribution in [-0.2, 0) is 4.79 Å². The maximum Gasteiger partial charge on any atom is 0.241 e. The van der Waals surface area contributed by atoms with E-state index < -0.39 is 0 Å². The van der Waals surface area contributed by atoms with Crippen molar-refractivity contribution in [3.8, 4) is 0 Å². The van der Waals surface area contributed by atoms with Gasteiger partial charge in [-0.1, -0.05) is 18.9 Å². The van der Waals surface area contributed by atoms with Gasteiger partial charge in [0.15, 0.2) is 0 Å². The summed E-state index contributed by atoms with van der Waals surface area (Å²) in [5.74, 6) is 0.291. The number of allylic oxidation sites excluding steroid dienone is 1. The maximum absolute atomic E-state index is 10.3. The van der Waals surface area contributed by atoms with Crippen LogP contribution in [0.1, 0.15) is 25.7 Å². The van der Waals surface area contributed by atoms with Crippen molar-refractivity contribution in [1.82, 2.24) is 0 Å². The number of hydrogen-bond donors (Lipinski definition) is 1. The Morgan fingerprint density at radius 3 is 2.50 bits per heavy atom. The smallest absolute Gasteiger partial charge is 0.241 e. The van der Waals surface area contributed by atoms with E-state index in [4.69, 9.17) is 5.73 Å². The Kier molecular flexibility index (Phi) is 2.49. The van der Waals surface area contributed by atoms with Crippen LogP contribution in [0.25, 0.3) is 0 Å². The van der Waals surface area contributed by atoms with Crippen molar-refractivity contribution >= 4 is 5.91 Å². The molecular weight excluding hydrogens is 126 g/mol. The van der Waals surface area contributed by atoms with Gasteiger partial charge in [0, 0.05) is 0 Å². The first-order valence-electron chi connectivity index (χ1n) is 3.76. The third-order valence-corrected chi connectivity index (χ3v) is 1.93. The minimum atomic E-state index is -0.327. The van der Waals surface area contributed by atoms with Gasteiger partial charge < -0.3 is 5.73 Å². The molecular formula is C8H13NO. The van der Waals surface area contributed by atoms with Gasteiger partial charge in [0.1, 0.15) is 0 Å². The molecule has 2 heteroatoms. The molecule has 0 aromatic rings. The largest absolute Gasteiger partial charge is 0.366 e. The summed E-state index contributed by atoms with van der Waals surface area (Å²) in [4.78, 5) is 10.3. The van der Waals surface area contributed by atoms with E-state index in [0.717, 1.165) is 0 Å². The molecule has 0 radical (unpaired) electrons. The maximum atomic E-state index is 10.3. The van der Waals surface area contributed by atoms with Gasteiger partial charge in [0.2, 0.25) is 5.91 Å². The van der Waals surface area contributed by atoms with Crippen LogP contribution in [0.2, 0.25) is 0 Å². The standard InChI is InChI=1S/C8H13NO/c9-8(10)6-5-7-3-1-2-4-7/h5-7H,1-4H2,(H2,9,10). The van der Waals surface area contributed by atoms with Gasteiger partial charge in [-0.05, 0) is 24.8 Å². The van der Waals surface area contributed by atoms with Crippen LogP contribution in [0.15, 0.2) is 12.2 Å². The van der Waals surface area contributed by atoms with Gasteiger partial charge >= 0.3 is 0 Å². The van der Waals surface area contributed by atoms with Crippen LogP contribution >= 0.6 is 0 Å². The van der Waals surface area contributed by atoms with E-state index >= 15 is 0 Å². The number of amides is 1. The molecule has 1 amide bonds. The number of rotatable bonds is 2. The molecule has 0 heterocycles.